The van der Waals surface area contributed by atoms with E-state index in [1.165, 1.54) is 5.56 Å². The first-order chi connectivity index (χ1) is 5.11. The maximum Gasteiger partial charge on any atom is 0.0500 e. The molecule has 60 valence electrons. The fourth-order valence-electron chi connectivity index (χ4n) is 1.02. The molecule has 1 aromatic rings. The smallest absolute Gasteiger partial charge is 0.0500 e. The van der Waals surface area contributed by atoms with Gasteiger partial charge in [-0.3, -0.25) is 4.21 Å². The molecule has 0 N–H and O–H groups in total. The predicted molar refractivity (Wildman–Crippen MR) is 48.2 cm³/mol. The van der Waals surface area contributed by atoms with Gasteiger partial charge < -0.3 is 0 Å². The van der Waals surface area contributed by atoms with E-state index in [0.717, 1.165) is 10.5 Å². The minimum atomic E-state index is -0.851. The molecule has 11 heavy (non-hydrogen) atoms. The van der Waals surface area contributed by atoms with Crippen LogP contribution >= 0.6 is 0 Å². The molecule has 0 aliphatic rings. The Balaban J connectivity index is 3.23. The first-order valence-corrected chi connectivity index (χ1v) is 5.08. The van der Waals surface area contributed by atoms with Crippen LogP contribution in [0.1, 0.15) is 11.1 Å². The molecule has 0 saturated heterocycles. The van der Waals surface area contributed by atoms with Crippen molar-refractivity contribution in [3.8, 4) is 0 Å². The van der Waals surface area contributed by atoms with Gasteiger partial charge in [-0.15, -0.1) is 0 Å². The molecule has 0 fully saturated rings. The fraction of sp³-hybridized carbons (Fsp3) is 0.333. The molecule has 1 nitrogen and oxygen atoms in total. The van der Waals surface area contributed by atoms with Gasteiger partial charge in [0.1, 0.15) is 0 Å². The molecule has 1 atom stereocenters. The Morgan fingerprint density at radius 2 is 1.91 bits per heavy atom. The van der Waals surface area contributed by atoms with Crippen molar-refractivity contribution >= 4 is 10.8 Å². The molecule has 2 heteroatoms. The number of hydrogen-bond acceptors (Lipinski definition) is 1. The van der Waals surface area contributed by atoms with Crippen molar-refractivity contribution in [1.82, 2.24) is 0 Å². The highest BCUT2D eigenvalue weighted by atomic mass is 32.2. The largest absolute Gasteiger partial charge is 0.255 e. The molecule has 0 aromatic heterocycles. The van der Waals surface area contributed by atoms with Crippen LogP contribution in [0.5, 0.6) is 0 Å². The lowest BCUT2D eigenvalue weighted by Gasteiger charge is -2.02. The van der Waals surface area contributed by atoms with E-state index in [0.29, 0.717) is 0 Å². The Morgan fingerprint density at radius 3 is 2.36 bits per heavy atom. The summed E-state index contributed by atoms with van der Waals surface area (Å²) in [4.78, 5) is 0.949. The highest BCUT2D eigenvalue weighted by Crippen LogP contribution is 2.13. The number of hydrogen-bond donors (Lipinski definition) is 0. The second-order valence-corrected chi connectivity index (χ2v) is 4.07. The van der Waals surface area contributed by atoms with Gasteiger partial charge in [-0.1, -0.05) is 12.1 Å². The average molecular weight is 168 g/mol. The molecular formula is C9H12OS. The van der Waals surface area contributed by atoms with Gasteiger partial charge in [0, 0.05) is 11.2 Å². The van der Waals surface area contributed by atoms with Crippen LogP contribution in [-0.4, -0.2) is 10.5 Å². The quantitative estimate of drug-likeness (QED) is 0.627. The zero-order chi connectivity index (χ0) is 8.43. The van der Waals surface area contributed by atoms with E-state index in [1.54, 1.807) is 6.26 Å². The minimum absolute atomic E-state index is 0.851. The van der Waals surface area contributed by atoms with Gasteiger partial charge in [0.25, 0.3) is 0 Å². The van der Waals surface area contributed by atoms with E-state index in [9.17, 15) is 4.21 Å². The van der Waals surface area contributed by atoms with Crippen molar-refractivity contribution < 1.29 is 4.21 Å². The molecule has 0 bridgehead atoms. The first-order valence-electron chi connectivity index (χ1n) is 3.52. The van der Waals surface area contributed by atoms with Crippen molar-refractivity contribution in [3.05, 3.63) is 29.3 Å². The first kappa shape index (κ1) is 8.47. The third-order valence-electron chi connectivity index (χ3n) is 1.65. The van der Waals surface area contributed by atoms with Crippen LogP contribution in [0.2, 0.25) is 0 Å². The van der Waals surface area contributed by atoms with Crippen LogP contribution < -0.4 is 0 Å². The second kappa shape index (κ2) is 3.18. The Bertz CT molecular complexity index is 292. The van der Waals surface area contributed by atoms with Gasteiger partial charge in [0.15, 0.2) is 0 Å². The van der Waals surface area contributed by atoms with E-state index in [1.807, 2.05) is 32.0 Å². The van der Waals surface area contributed by atoms with Crippen molar-refractivity contribution in [2.45, 2.75) is 18.7 Å². The topological polar surface area (TPSA) is 17.1 Å². The highest BCUT2D eigenvalue weighted by molar-refractivity contribution is 7.84. The lowest BCUT2D eigenvalue weighted by atomic mass is 10.2. The van der Waals surface area contributed by atoms with Gasteiger partial charge in [-0.05, 0) is 31.0 Å². The maximum absolute atomic E-state index is 11.1. The summed E-state index contributed by atoms with van der Waals surface area (Å²) in [7, 11) is -0.851. The van der Waals surface area contributed by atoms with Crippen molar-refractivity contribution in [2.75, 3.05) is 6.26 Å². The Labute approximate surface area is 69.9 Å². The summed E-state index contributed by atoms with van der Waals surface area (Å²) in [5, 5.41) is 0. The normalized spacial score (nSPS) is 13.0. The molecule has 0 aliphatic heterocycles. The fourth-order valence-corrected chi connectivity index (χ4v) is 1.89. The monoisotopic (exact) mass is 168 g/mol. The Kier molecular flexibility index (Phi) is 2.45. The third kappa shape index (κ3) is 1.90. The summed E-state index contributed by atoms with van der Waals surface area (Å²) in [6.45, 7) is 3.99. The average Bonchev–Trinajstić information content (AvgIpc) is 1.94. The summed E-state index contributed by atoms with van der Waals surface area (Å²) in [6, 6.07) is 6.02. The molecule has 0 saturated carbocycles. The lowest BCUT2D eigenvalue weighted by molar-refractivity contribution is 0.686. The molecule has 0 aliphatic carbocycles. The van der Waals surface area contributed by atoms with Gasteiger partial charge in [0.2, 0.25) is 0 Å². The summed E-state index contributed by atoms with van der Waals surface area (Å²) in [5.74, 6) is 0. The molecule has 0 amide bonds. The SMILES string of the molecule is Cc1ccc(C)c([S@@](C)=O)c1. The van der Waals surface area contributed by atoms with E-state index >= 15 is 0 Å². The minimum Gasteiger partial charge on any atom is -0.255 e. The number of rotatable bonds is 1. The van der Waals surface area contributed by atoms with Crippen LogP contribution in [0.25, 0.3) is 0 Å². The van der Waals surface area contributed by atoms with Crippen molar-refractivity contribution in [1.29, 1.82) is 0 Å². The van der Waals surface area contributed by atoms with E-state index in [-0.39, 0.29) is 0 Å². The van der Waals surface area contributed by atoms with Crippen LogP contribution in [0.4, 0.5) is 0 Å². The summed E-state index contributed by atoms with van der Waals surface area (Å²) < 4.78 is 11.1. The molecular weight excluding hydrogens is 156 g/mol. The Morgan fingerprint density at radius 1 is 1.27 bits per heavy atom. The molecule has 0 unspecified atom stereocenters. The van der Waals surface area contributed by atoms with Crippen LogP contribution in [0.3, 0.4) is 0 Å². The predicted octanol–water partition coefficient (Wildman–Crippen LogP) is 2.04. The molecule has 1 rings (SSSR count). The van der Waals surface area contributed by atoms with Gasteiger partial charge >= 0.3 is 0 Å². The third-order valence-corrected chi connectivity index (χ3v) is 2.71. The molecule has 1 aromatic carbocycles. The highest BCUT2D eigenvalue weighted by Gasteiger charge is 2.00. The molecule has 0 spiro atoms. The van der Waals surface area contributed by atoms with Crippen molar-refractivity contribution in [3.63, 3.8) is 0 Å². The van der Waals surface area contributed by atoms with Gasteiger partial charge in [-0.2, -0.15) is 0 Å². The van der Waals surface area contributed by atoms with E-state index in [4.69, 9.17) is 0 Å². The zero-order valence-electron chi connectivity index (χ0n) is 7.05. The second-order valence-electron chi connectivity index (χ2n) is 2.72. The van der Waals surface area contributed by atoms with Gasteiger partial charge in [-0.25, -0.2) is 0 Å². The maximum atomic E-state index is 11.1. The van der Waals surface area contributed by atoms with Crippen LogP contribution in [-0.2, 0) is 10.8 Å². The summed E-state index contributed by atoms with van der Waals surface area (Å²) in [6.07, 6.45) is 1.71. The standard InChI is InChI=1S/C9H12OS/c1-7-4-5-8(2)9(6-7)11(3)10/h4-6H,1-3H3/t11-/m1/s1. The van der Waals surface area contributed by atoms with Crippen LogP contribution in [0.15, 0.2) is 23.1 Å². The molecule has 0 heterocycles. The lowest BCUT2D eigenvalue weighted by Crippen LogP contribution is -1.91. The molecule has 0 radical (unpaired) electrons. The van der Waals surface area contributed by atoms with E-state index < -0.39 is 10.8 Å². The summed E-state index contributed by atoms with van der Waals surface area (Å²) in [5.41, 5.74) is 2.28. The van der Waals surface area contributed by atoms with Gasteiger partial charge in [0.05, 0.1) is 10.8 Å². The van der Waals surface area contributed by atoms with Crippen LogP contribution in [0, 0.1) is 13.8 Å². The Hall–Kier alpha value is -0.630. The summed E-state index contributed by atoms with van der Waals surface area (Å²) >= 11 is 0. The zero-order valence-corrected chi connectivity index (χ0v) is 7.87. The number of aryl methyl sites for hydroxylation is 2. The van der Waals surface area contributed by atoms with Crippen molar-refractivity contribution in [2.24, 2.45) is 0 Å². The number of benzene rings is 1. The van der Waals surface area contributed by atoms with E-state index in [2.05, 4.69) is 0 Å².